The molecule has 0 aromatic heterocycles. The van der Waals surface area contributed by atoms with Crippen LogP contribution < -0.4 is 0 Å². The Bertz CT molecular complexity index is 614. The van der Waals surface area contributed by atoms with E-state index in [2.05, 4.69) is 44.2 Å². The van der Waals surface area contributed by atoms with Crippen molar-refractivity contribution in [3.8, 4) is 0 Å². The van der Waals surface area contributed by atoms with Gasteiger partial charge in [0.1, 0.15) is 0 Å². The molecule has 1 aromatic rings. The number of hydrogen-bond donors (Lipinski definition) is 0. The molecule has 0 spiro atoms. The number of unbranched alkanes of at least 4 members (excludes halogenated alkanes) is 1. The Morgan fingerprint density at radius 2 is 1.95 bits per heavy atom. The Balaban J connectivity index is 1.64. The lowest BCUT2D eigenvalue weighted by Gasteiger charge is -2.26. The van der Waals surface area contributed by atoms with E-state index >= 15 is 0 Å². The quantitative estimate of drug-likeness (QED) is 0.591. The zero-order valence-corrected chi connectivity index (χ0v) is 13.5. The van der Waals surface area contributed by atoms with Crippen molar-refractivity contribution in [2.45, 2.75) is 44.9 Å². The minimum absolute atomic E-state index is 0.0571. The molecule has 0 fully saturated rings. The molecule has 1 aromatic carbocycles. The van der Waals surface area contributed by atoms with Crippen molar-refractivity contribution in [1.82, 2.24) is 0 Å². The van der Waals surface area contributed by atoms with Crippen LogP contribution in [-0.4, -0.2) is 5.71 Å². The van der Waals surface area contributed by atoms with Gasteiger partial charge < -0.3 is 0 Å². The van der Waals surface area contributed by atoms with Crippen LogP contribution in [0.2, 0.25) is 5.02 Å². The number of nitrogens with zero attached hydrogens (tertiary/aromatic N) is 1. The third kappa shape index (κ3) is 2.85. The van der Waals surface area contributed by atoms with Crippen LogP contribution in [0.5, 0.6) is 0 Å². The molecule has 0 amide bonds. The first-order valence-corrected chi connectivity index (χ1v) is 8.18. The summed E-state index contributed by atoms with van der Waals surface area (Å²) in [4.78, 5) is 4.74. The zero-order chi connectivity index (χ0) is 14.9. The molecular formula is C19H22ClN. The monoisotopic (exact) mass is 299 g/mol. The topological polar surface area (TPSA) is 12.4 Å². The molecular weight excluding hydrogens is 278 g/mol. The van der Waals surface area contributed by atoms with Gasteiger partial charge in [-0.2, -0.15) is 0 Å². The van der Waals surface area contributed by atoms with Crippen LogP contribution >= 0.6 is 11.6 Å². The van der Waals surface area contributed by atoms with E-state index in [4.69, 9.17) is 16.6 Å². The molecule has 1 unspecified atom stereocenters. The van der Waals surface area contributed by atoms with Crippen molar-refractivity contribution in [3.63, 3.8) is 0 Å². The first kappa shape index (κ1) is 14.6. The summed E-state index contributed by atoms with van der Waals surface area (Å²) in [6, 6.07) is 6.07. The first-order valence-electron chi connectivity index (χ1n) is 7.80. The van der Waals surface area contributed by atoms with Crippen LogP contribution in [0.25, 0.3) is 0 Å². The molecule has 1 atom stereocenters. The number of allylic oxidation sites excluding steroid dienone is 4. The fraction of sp³-hybridized carbons (Fsp3) is 0.421. The lowest BCUT2D eigenvalue weighted by atomic mass is 9.76. The van der Waals surface area contributed by atoms with Crippen LogP contribution in [0.3, 0.4) is 0 Å². The van der Waals surface area contributed by atoms with Crippen molar-refractivity contribution in [1.29, 1.82) is 0 Å². The van der Waals surface area contributed by atoms with Gasteiger partial charge in [-0.05, 0) is 49.4 Å². The molecule has 0 saturated carbocycles. The molecule has 1 aliphatic heterocycles. The summed E-state index contributed by atoms with van der Waals surface area (Å²) in [6.07, 6.45) is 13.8. The third-order valence-electron chi connectivity index (χ3n) is 4.93. The Morgan fingerprint density at radius 3 is 2.71 bits per heavy atom. The Hall–Kier alpha value is -1.34. The highest BCUT2D eigenvalue weighted by molar-refractivity contribution is 6.30. The molecule has 1 aliphatic carbocycles. The summed E-state index contributed by atoms with van der Waals surface area (Å²) in [5, 5.41) is 0.811. The van der Waals surface area contributed by atoms with Crippen molar-refractivity contribution in [3.05, 3.63) is 53.1 Å². The van der Waals surface area contributed by atoms with Crippen LogP contribution in [0, 0.1) is 5.92 Å². The van der Waals surface area contributed by atoms with Crippen molar-refractivity contribution in [2.24, 2.45) is 10.9 Å². The van der Waals surface area contributed by atoms with E-state index < -0.39 is 0 Å². The molecule has 2 heteroatoms. The number of fused-ring (bicyclic) bond motifs is 1. The van der Waals surface area contributed by atoms with Crippen LogP contribution in [0.4, 0.5) is 5.69 Å². The maximum absolute atomic E-state index is 6.18. The molecule has 0 bridgehead atoms. The van der Waals surface area contributed by atoms with Gasteiger partial charge in [0.05, 0.1) is 5.69 Å². The Labute approximate surface area is 132 Å². The minimum Gasteiger partial charge on any atom is -0.257 e. The molecule has 21 heavy (non-hydrogen) atoms. The Morgan fingerprint density at radius 1 is 1.19 bits per heavy atom. The van der Waals surface area contributed by atoms with Crippen LogP contribution in [0.15, 0.2) is 47.5 Å². The predicted octanol–water partition coefficient (Wildman–Crippen LogP) is 6.01. The van der Waals surface area contributed by atoms with Crippen molar-refractivity contribution < 1.29 is 0 Å². The number of halogens is 1. The maximum Gasteiger partial charge on any atom is 0.0671 e. The molecule has 1 nitrogen and oxygen atoms in total. The highest BCUT2D eigenvalue weighted by atomic mass is 35.5. The fourth-order valence-corrected chi connectivity index (χ4v) is 3.56. The summed E-state index contributed by atoms with van der Waals surface area (Å²) in [7, 11) is 0. The fourth-order valence-electron chi connectivity index (χ4n) is 3.39. The maximum atomic E-state index is 6.18. The van der Waals surface area contributed by atoms with E-state index in [-0.39, 0.29) is 5.41 Å². The van der Waals surface area contributed by atoms with E-state index in [9.17, 15) is 0 Å². The van der Waals surface area contributed by atoms with Gasteiger partial charge >= 0.3 is 0 Å². The van der Waals surface area contributed by atoms with Gasteiger partial charge in [0.2, 0.25) is 0 Å². The van der Waals surface area contributed by atoms with Crippen molar-refractivity contribution in [2.75, 3.05) is 0 Å². The lowest BCUT2D eigenvalue weighted by Crippen LogP contribution is -2.27. The molecule has 2 aliphatic rings. The van der Waals surface area contributed by atoms with E-state index in [1.54, 1.807) is 0 Å². The highest BCUT2D eigenvalue weighted by Crippen LogP contribution is 2.44. The Kier molecular flexibility index (Phi) is 4.03. The molecule has 0 N–H and O–H groups in total. The number of aliphatic imine (C=N–C) groups is 1. The standard InChI is InChI=1S/C19H22ClN/c1-14-19(2,12-6-5-9-15-7-3-4-8-15)17-13-16(20)10-11-18(17)21-14/h3-4,7-8,10-11,13,15H,5-6,9,12H2,1-2H3. The normalized spacial score (nSPS) is 23.7. The first-order chi connectivity index (χ1) is 10.1. The molecule has 0 radical (unpaired) electrons. The van der Waals surface area contributed by atoms with E-state index in [0.717, 1.165) is 17.1 Å². The average Bonchev–Trinajstić information content (AvgIpc) is 3.05. The third-order valence-corrected chi connectivity index (χ3v) is 5.17. The summed E-state index contributed by atoms with van der Waals surface area (Å²) >= 11 is 6.18. The molecule has 1 heterocycles. The zero-order valence-electron chi connectivity index (χ0n) is 12.8. The second-order valence-electron chi connectivity index (χ2n) is 6.37. The summed E-state index contributed by atoms with van der Waals surface area (Å²) in [5.41, 5.74) is 3.68. The second-order valence-corrected chi connectivity index (χ2v) is 6.81. The summed E-state index contributed by atoms with van der Waals surface area (Å²) < 4.78 is 0. The predicted molar refractivity (Wildman–Crippen MR) is 91.8 cm³/mol. The number of rotatable bonds is 5. The van der Waals surface area contributed by atoms with Gasteiger partial charge in [0.15, 0.2) is 0 Å². The molecule has 0 saturated heterocycles. The van der Waals surface area contributed by atoms with Gasteiger partial charge in [0, 0.05) is 16.1 Å². The molecule has 3 rings (SSSR count). The van der Waals surface area contributed by atoms with Crippen LogP contribution in [-0.2, 0) is 5.41 Å². The molecule has 110 valence electrons. The summed E-state index contributed by atoms with van der Waals surface area (Å²) in [6.45, 7) is 4.46. The van der Waals surface area contributed by atoms with E-state index in [1.807, 2.05) is 12.1 Å². The number of benzene rings is 1. The second kappa shape index (κ2) is 5.81. The SMILES string of the molecule is CC1=Nc2ccc(Cl)cc2C1(C)CCCCC1C=CC=C1. The largest absolute Gasteiger partial charge is 0.257 e. The van der Waals surface area contributed by atoms with Gasteiger partial charge in [0.25, 0.3) is 0 Å². The van der Waals surface area contributed by atoms with Gasteiger partial charge in [-0.25, -0.2) is 0 Å². The lowest BCUT2D eigenvalue weighted by molar-refractivity contribution is 0.513. The van der Waals surface area contributed by atoms with E-state index in [1.165, 1.54) is 30.5 Å². The van der Waals surface area contributed by atoms with Crippen LogP contribution in [0.1, 0.15) is 45.1 Å². The van der Waals surface area contributed by atoms with E-state index in [0.29, 0.717) is 5.92 Å². The number of hydrogen-bond acceptors (Lipinski definition) is 1. The van der Waals surface area contributed by atoms with Crippen molar-refractivity contribution >= 4 is 23.0 Å². The van der Waals surface area contributed by atoms with Gasteiger partial charge in [-0.3, -0.25) is 4.99 Å². The summed E-state index contributed by atoms with van der Waals surface area (Å²) in [5.74, 6) is 0.651. The van der Waals surface area contributed by atoms with Gasteiger partial charge in [-0.1, -0.05) is 55.7 Å². The smallest absolute Gasteiger partial charge is 0.0671 e. The average molecular weight is 300 g/mol. The highest BCUT2D eigenvalue weighted by Gasteiger charge is 2.36. The van der Waals surface area contributed by atoms with Gasteiger partial charge in [-0.15, -0.1) is 0 Å². The minimum atomic E-state index is 0.0571.